The molecule has 110 valence electrons. The van der Waals surface area contributed by atoms with Gasteiger partial charge in [0.1, 0.15) is 11.9 Å². The van der Waals surface area contributed by atoms with Crippen LogP contribution in [0.1, 0.15) is 18.7 Å². The molecule has 2 N–H and O–H groups in total. The molecule has 2 aromatic rings. The number of hydrogen-bond donors (Lipinski definition) is 2. The number of pyridine rings is 1. The van der Waals surface area contributed by atoms with E-state index in [1.165, 1.54) is 0 Å². The number of ether oxygens (including phenoxy) is 1. The van der Waals surface area contributed by atoms with E-state index in [0.717, 1.165) is 5.75 Å². The number of nitrogens with zero attached hydrogens (tertiary/aromatic N) is 1. The fraction of sp³-hybridized carbons (Fsp3) is 0.250. The Labute approximate surface area is 123 Å². The van der Waals surface area contributed by atoms with Crippen molar-refractivity contribution >= 4 is 11.6 Å². The normalized spacial score (nSPS) is 13.3. The van der Waals surface area contributed by atoms with E-state index in [1.807, 2.05) is 0 Å². The van der Waals surface area contributed by atoms with Gasteiger partial charge in [-0.3, -0.25) is 9.78 Å². The Kier molecular flexibility index (Phi) is 4.90. The number of nitrogens with one attached hydrogen (secondary N) is 1. The lowest BCUT2D eigenvalue weighted by Gasteiger charge is -2.18. The third-order valence-corrected chi connectivity index (χ3v) is 3.24. The van der Waals surface area contributed by atoms with Gasteiger partial charge in [0.2, 0.25) is 5.91 Å². The van der Waals surface area contributed by atoms with Crippen molar-refractivity contribution in [3.8, 4) is 5.75 Å². The minimum absolute atomic E-state index is 0.265. The average Bonchev–Trinajstić information content (AvgIpc) is 2.55. The summed E-state index contributed by atoms with van der Waals surface area (Å²) in [5.41, 5.74) is 1.13. The van der Waals surface area contributed by atoms with Gasteiger partial charge in [-0.2, -0.15) is 0 Å². The third-order valence-electron chi connectivity index (χ3n) is 3.24. The standard InChI is InChI=1S/C16H18N2O3/c1-11(15(19)14-5-3-4-10-17-14)16(20)18-12-6-8-13(21-2)9-7-12/h3-11,15,19H,1-2H3,(H,18,20)/t11-,15+/m0/s1. The van der Waals surface area contributed by atoms with Crippen molar-refractivity contribution in [1.82, 2.24) is 4.98 Å². The van der Waals surface area contributed by atoms with Crippen LogP contribution in [-0.2, 0) is 4.79 Å². The van der Waals surface area contributed by atoms with Gasteiger partial charge in [-0.1, -0.05) is 13.0 Å². The second-order valence-electron chi connectivity index (χ2n) is 4.71. The summed E-state index contributed by atoms with van der Waals surface area (Å²) in [6.07, 6.45) is 0.650. The minimum atomic E-state index is -0.940. The lowest BCUT2D eigenvalue weighted by molar-refractivity contribution is -0.122. The molecule has 1 aromatic heterocycles. The topological polar surface area (TPSA) is 71.5 Å². The van der Waals surface area contributed by atoms with E-state index in [0.29, 0.717) is 11.4 Å². The average molecular weight is 286 g/mol. The van der Waals surface area contributed by atoms with Gasteiger partial charge in [0.05, 0.1) is 18.7 Å². The number of aliphatic hydroxyl groups is 1. The predicted molar refractivity (Wildman–Crippen MR) is 80.0 cm³/mol. The van der Waals surface area contributed by atoms with E-state index >= 15 is 0 Å². The van der Waals surface area contributed by atoms with E-state index < -0.39 is 12.0 Å². The van der Waals surface area contributed by atoms with Crippen LogP contribution in [0.2, 0.25) is 0 Å². The molecule has 1 amide bonds. The van der Waals surface area contributed by atoms with Crippen LogP contribution in [0, 0.1) is 5.92 Å². The van der Waals surface area contributed by atoms with E-state index in [9.17, 15) is 9.90 Å². The number of benzene rings is 1. The summed E-state index contributed by atoms with van der Waals surface area (Å²) in [6, 6.07) is 12.2. The highest BCUT2D eigenvalue weighted by Gasteiger charge is 2.24. The molecular weight excluding hydrogens is 268 g/mol. The smallest absolute Gasteiger partial charge is 0.230 e. The molecular formula is C16H18N2O3. The van der Waals surface area contributed by atoms with Gasteiger partial charge < -0.3 is 15.2 Å². The SMILES string of the molecule is COc1ccc(NC(=O)[C@@H](C)[C@@H](O)c2ccccn2)cc1. The van der Waals surface area contributed by atoms with E-state index in [4.69, 9.17) is 4.74 Å². The molecule has 5 heteroatoms. The van der Waals surface area contributed by atoms with Gasteiger partial charge in [-0.05, 0) is 36.4 Å². The number of anilines is 1. The minimum Gasteiger partial charge on any atom is -0.497 e. The Balaban J connectivity index is 2.01. The first-order valence-corrected chi connectivity index (χ1v) is 6.65. The number of methoxy groups -OCH3 is 1. The summed E-state index contributed by atoms with van der Waals surface area (Å²) in [4.78, 5) is 16.2. The quantitative estimate of drug-likeness (QED) is 0.885. The molecule has 21 heavy (non-hydrogen) atoms. The van der Waals surface area contributed by atoms with Gasteiger partial charge in [0.15, 0.2) is 0 Å². The first kappa shape index (κ1) is 15.0. The molecule has 0 radical (unpaired) electrons. The molecule has 0 aliphatic heterocycles. The van der Waals surface area contributed by atoms with Gasteiger partial charge in [-0.15, -0.1) is 0 Å². The van der Waals surface area contributed by atoms with Crippen LogP contribution < -0.4 is 10.1 Å². The van der Waals surface area contributed by atoms with Gasteiger partial charge in [0.25, 0.3) is 0 Å². The van der Waals surface area contributed by atoms with Crippen LogP contribution in [0.4, 0.5) is 5.69 Å². The first-order chi connectivity index (χ1) is 10.1. The second kappa shape index (κ2) is 6.85. The maximum absolute atomic E-state index is 12.2. The Bertz CT molecular complexity index is 584. The van der Waals surface area contributed by atoms with Crippen molar-refractivity contribution in [1.29, 1.82) is 0 Å². The molecule has 5 nitrogen and oxygen atoms in total. The largest absolute Gasteiger partial charge is 0.497 e. The summed E-state index contributed by atoms with van der Waals surface area (Å²) >= 11 is 0. The Hall–Kier alpha value is -2.40. The van der Waals surface area contributed by atoms with Crippen molar-refractivity contribution in [3.63, 3.8) is 0 Å². The number of aliphatic hydroxyl groups excluding tert-OH is 1. The number of hydrogen-bond acceptors (Lipinski definition) is 4. The van der Waals surface area contributed by atoms with Gasteiger partial charge in [0, 0.05) is 11.9 Å². The monoisotopic (exact) mass is 286 g/mol. The Morgan fingerprint density at radius 2 is 1.95 bits per heavy atom. The molecule has 0 fully saturated rings. The van der Waals surface area contributed by atoms with Crippen LogP contribution in [-0.4, -0.2) is 23.1 Å². The third kappa shape index (κ3) is 3.79. The molecule has 0 spiro atoms. The van der Waals surface area contributed by atoms with Crippen LogP contribution in [0.5, 0.6) is 5.75 Å². The Morgan fingerprint density at radius 3 is 2.52 bits per heavy atom. The Morgan fingerprint density at radius 1 is 1.24 bits per heavy atom. The highest BCUT2D eigenvalue weighted by molar-refractivity contribution is 5.92. The van der Waals surface area contributed by atoms with Crippen molar-refractivity contribution in [2.24, 2.45) is 5.92 Å². The highest BCUT2D eigenvalue weighted by Crippen LogP contribution is 2.22. The van der Waals surface area contributed by atoms with Crippen molar-refractivity contribution in [3.05, 3.63) is 54.4 Å². The van der Waals surface area contributed by atoms with Gasteiger partial charge >= 0.3 is 0 Å². The molecule has 0 aliphatic carbocycles. The van der Waals surface area contributed by atoms with Crippen molar-refractivity contribution in [2.75, 3.05) is 12.4 Å². The molecule has 0 saturated heterocycles. The zero-order valence-corrected chi connectivity index (χ0v) is 12.0. The van der Waals surface area contributed by atoms with Crippen LogP contribution in [0.25, 0.3) is 0 Å². The lowest BCUT2D eigenvalue weighted by Crippen LogP contribution is -2.26. The summed E-state index contributed by atoms with van der Waals surface area (Å²) in [7, 11) is 1.58. The van der Waals surface area contributed by atoms with Gasteiger partial charge in [-0.25, -0.2) is 0 Å². The van der Waals surface area contributed by atoms with Crippen molar-refractivity contribution < 1.29 is 14.6 Å². The van der Waals surface area contributed by atoms with Crippen LogP contribution in [0.15, 0.2) is 48.7 Å². The summed E-state index contributed by atoms with van der Waals surface area (Å²) in [6.45, 7) is 1.66. The lowest BCUT2D eigenvalue weighted by atomic mass is 10.0. The number of aromatic nitrogens is 1. The fourth-order valence-electron chi connectivity index (χ4n) is 1.88. The summed E-state index contributed by atoms with van der Waals surface area (Å²) in [5, 5.41) is 12.9. The first-order valence-electron chi connectivity index (χ1n) is 6.65. The molecule has 0 bridgehead atoms. The van der Waals surface area contributed by atoms with Crippen molar-refractivity contribution in [2.45, 2.75) is 13.0 Å². The zero-order chi connectivity index (χ0) is 15.2. The molecule has 0 aliphatic rings. The molecule has 1 aromatic carbocycles. The number of carbonyl (C=O) groups is 1. The molecule has 1 heterocycles. The fourth-order valence-corrected chi connectivity index (χ4v) is 1.88. The highest BCUT2D eigenvalue weighted by atomic mass is 16.5. The zero-order valence-electron chi connectivity index (χ0n) is 12.0. The number of rotatable bonds is 5. The number of carbonyl (C=O) groups excluding carboxylic acids is 1. The maximum Gasteiger partial charge on any atom is 0.230 e. The summed E-state index contributed by atoms with van der Waals surface area (Å²) < 4.78 is 5.06. The van der Waals surface area contributed by atoms with Crippen LogP contribution in [0.3, 0.4) is 0 Å². The van der Waals surface area contributed by atoms with Crippen LogP contribution >= 0.6 is 0 Å². The molecule has 0 saturated carbocycles. The summed E-state index contributed by atoms with van der Waals surface area (Å²) in [5.74, 6) is -0.158. The predicted octanol–water partition coefficient (Wildman–Crippen LogP) is 2.40. The molecule has 2 rings (SSSR count). The molecule has 2 atom stereocenters. The van der Waals surface area contributed by atoms with E-state index in [-0.39, 0.29) is 5.91 Å². The van der Waals surface area contributed by atoms with E-state index in [1.54, 1.807) is 62.7 Å². The number of amides is 1. The molecule has 0 unspecified atom stereocenters. The second-order valence-corrected chi connectivity index (χ2v) is 4.71. The van der Waals surface area contributed by atoms with E-state index in [2.05, 4.69) is 10.3 Å². The maximum atomic E-state index is 12.2.